The molecule has 0 bridgehead atoms. The van der Waals surface area contributed by atoms with Crippen LogP contribution in [-0.4, -0.2) is 23.6 Å². The van der Waals surface area contributed by atoms with Crippen molar-refractivity contribution >= 4 is 33.1 Å². The predicted octanol–water partition coefficient (Wildman–Crippen LogP) is 3.30. The number of nitrogens with zero attached hydrogens (tertiary/aromatic N) is 3. The molecule has 0 radical (unpaired) electrons. The molecule has 0 spiro atoms. The number of para-hydroxylation sites is 1. The van der Waals surface area contributed by atoms with E-state index in [1.807, 2.05) is 7.05 Å². The number of rotatable bonds is 3. The van der Waals surface area contributed by atoms with Crippen LogP contribution in [0.5, 0.6) is 0 Å². The van der Waals surface area contributed by atoms with Crippen LogP contribution in [0.15, 0.2) is 35.7 Å². The van der Waals surface area contributed by atoms with Gasteiger partial charge >= 0.3 is 0 Å². The molecule has 3 aromatic rings. The third-order valence-electron chi connectivity index (χ3n) is 3.92. The maximum Gasteiger partial charge on any atom is 0.151 e. The Kier molecular flexibility index (Phi) is 3.00. The molecule has 0 atom stereocenters. The number of fused-ring (bicyclic) bond motifs is 2. The van der Waals surface area contributed by atoms with Crippen molar-refractivity contribution in [3.8, 4) is 0 Å². The van der Waals surface area contributed by atoms with Crippen LogP contribution in [0.3, 0.4) is 0 Å². The molecule has 0 saturated carbocycles. The Morgan fingerprint density at radius 2 is 2.14 bits per heavy atom. The molecule has 0 amide bonds. The molecular weight excluding hydrogens is 280 g/mol. The minimum atomic E-state index is 0.763. The third kappa shape index (κ3) is 2.14. The van der Waals surface area contributed by atoms with Crippen molar-refractivity contribution in [1.82, 2.24) is 9.97 Å². The molecule has 4 rings (SSSR count). The van der Waals surface area contributed by atoms with Gasteiger partial charge in [0.05, 0.1) is 11.9 Å². The Morgan fingerprint density at radius 3 is 3.05 bits per heavy atom. The topological polar surface area (TPSA) is 41.1 Å². The van der Waals surface area contributed by atoms with Crippen molar-refractivity contribution in [2.24, 2.45) is 0 Å². The third-order valence-corrected chi connectivity index (χ3v) is 4.73. The smallest absolute Gasteiger partial charge is 0.151 e. The average molecular weight is 296 g/mol. The fourth-order valence-electron chi connectivity index (χ4n) is 2.90. The molecule has 0 saturated heterocycles. The van der Waals surface area contributed by atoms with Gasteiger partial charge in [0, 0.05) is 19.3 Å². The zero-order chi connectivity index (χ0) is 14.2. The second-order valence-corrected chi connectivity index (χ2v) is 6.07. The number of aromatic nitrogens is 2. The quantitative estimate of drug-likeness (QED) is 0.805. The molecule has 3 heterocycles. The molecule has 1 aromatic carbocycles. The summed E-state index contributed by atoms with van der Waals surface area (Å²) >= 11 is 1.66. The number of anilines is 2. The van der Waals surface area contributed by atoms with Crippen molar-refractivity contribution in [1.29, 1.82) is 0 Å². The highest BCUT2D eigenvalue weighted by Gasteiger charge is 2.20. The summed E-state index contributed by atoms with van der Waals surface area (Å²) in [5.41, 5.74) is 2.74. The standard InChI is InChI=1S/C16H16N4S/c1-17-15-12-7-9-21-16(12)19-14(18-15)10-20-8-6-11-4-2-3-5-13(11)20/h2-5,7,9H,6,8,10H2,1H3,(H,17,18,19). The Hall–Kier alpha value is -2.14. The van der Waals surface area contributed by atoms with Crippen molar-refractivity contribution in [2.45, 2.75) is 13.0 Å². The van der Waals surface area contributed by atoms with Gasteiger partial charge in [-0.25, -0.2) is 9.97 Å². The van der Waals surface area contributed by atoms with Crippen molar-refractivity contribution in [3.63, 3.8) is 0 Å². The summed E-state index contributed by atoms with van der Waals surface area (Å²) in [5.74, 6) is 1.80. The lowest BCUT2D eigenvalue weighted by Crippen LogP contribution is -2.21. The van der Waals surface area contributed by atoms with Crippen LogP contribution in [0.25, 0.3) is 10.2 Å². The fourth-order valence-corrected chi connectivity index (χ4v) is 3.69. The SMILES string of the molecule is CNc1nc(CN2CCc3ccccc32)nc2sccc12. The molecule has 0 fully saturated rings. The Balaban J connectivity index is 1.69. The first-order valence-electron chi connectivity index (χ1n) is 7.10. The molecule has 1 aliphatic heterocycles. The maximum absolute atomic E-state index is 4.71. The van der Waals surface area contributed by atoms with Gasteiger partial charge < -0.3 is 10.2 Å². The summed E-state index contributed by atoms with van der Waals surface area (Å²) in [4.78, 5) is 12.8. The van der Waals surface area contributed by atoms with Crippen LogP contribution in [-0.2, 0) is 13.0 Å². The summed E-state index contributed by atoms with van der Waals surface area (Å²) in [5, 5.41) is 6.35. The second-order valence-electron chi connectivity index (χ2n) is 5.18. The lowest BCUT2D eigenvalue weighted by molar-refractivity contribution is 0.793. The first kappa shape index (κ1) is 12.6. The Bertz CT molecular complexity index is 796. The monoisotopic (exact) mass is 296 g/mol. The first-order valence-corrected chi connectivity index (χ1v) is 7.98. The van der Waals surface area contributed by atoms with Crippen LogP contribution < -0.4 is 10.2 Å². The molecule has 1 aliphatic rings. The maximum atomic E-state index is 4.71. The van der Waals surface area contributed by atoms with E-state index in [2.05, 4.69) is 50.9 Å². The molecule has 0 unspecified atom stereocenters. The van der Waals surface area contributed by atoms with E-state index in [1.54, 1.807) is 11.3 Å². The van der Waals surface area contributed by atoms with E-state index >= 15 is 0 Å². The largest absolute Gasteiger partial charge is 0.372 e. The van der Waals surface area contributed by atoms with Gasteiger partial charge in [0.1, 0.15) is 10.6 Å². The molecule has 2 aromatic heterocycles. The van der Waals surface area contributed by atoms with Crippen LogP contribution in [0.1, 0.15) is 11.4 Å². The van der Waals surface area contributed by atoms with E-state index in [0.29, 0.717) is 0 Å². The van der Waals surface area contributed by atoms with Gasteiger partial charge in [0.25, 0.3) is 0 Å². The molecule has 21 heavy (non-hydrogen) atoms. The number of benzene rings is 1. The molecule has 4 nitrogen and oxygen atoms in total. The van der Waals surface area contributed by atoms with E-state index in [9.17, 15) is 0 Å². The van der Waals surface area contributed by atoms with Gasteiger partial charge in [-0.15, -0.1) is 11.3 Å². The minimum Gasteiger partial charge on any atom is -0.372 e. The molecule has 0 aliphatic carbocycles. The van der Waals surface area contributed by atoms with Crippen LogP contribution in [0.2, 0.25) is 0 Å². The van der Waals surface area contributed by atoms with Crippen LogP contribution in [0, 0.1) is 0 Å². The van der Waals surface area contributed by atoms with Gasteiger partial charge in [0.2, 0.25) is 0 Å². The highest BCUT2D eigenvalue weighted by Crippen LogP contribution is 2.30. The number of thiophene rings is 1. The normalized spacial score (nSPS) is 13.7. The van der Waals surface area contributed by atoms with Gasteiger partial charge in [0.15, 0.2) is 5.82 Å². The lowest BCUT2D eigenvalue weighted by Gasteiger charge is -2.18. The zero-order valence-corrected chi connectivity index (χ0v) is 12.7. The highest BCUT2D eigenvalue weighted by molar-refractivity contribution is 7.16. The first-order chi connectivity index (χ1) is 10.3. The van der Waals surface area contributed by atoms with E-state index in [-0.39, 0.29) is 0 Å². The highest BCUT2D eigenvalue weighted by atomic mass is 32.1. The van der Waals surface area contributed by atoms with Gasteiger partial charge in [-0.05, 0) is 29.5 Å². The van der Waals surface area contributed by atoms with Crippen LogP contribution in [0.4, 0.5) is 11.5 Å². The summed E-state index contributed by atoms with van der Waals surface area (Å²) < 4.78 is 0. The van der Waals surface area contributed by atoms with E-state index < -0.39 is 0 Å². The lowest BCUT2D eigenvalue weighted by atomic mass is 10.2. The summed E-state index contributed by atoms with van der Waals surface area (Å²) in [6.07, 6.45) is 1.11. The van der Waals surface area contributed by atoms with Crippen molar-refractivity contribution in [3.05, 3.63) is 47.1 Å². The number of hydrogen-bond acceptors (Lipinski definition) is 5. The molecule has 106 valence electrons. The zero-order valence-electron chi connectivity index (χ0n) is 11.8. The Morgan fingerprint density at radius 1 is 1.24 bits per heavy atom. The summed E-state index contributed by atoms with van der Waals surface area (Å²) in [6, 6.07) is 10.7. The number of hydrogen-bond donors (Lipinski definition) is 1. The molecular formula is C16H16N4S. The number of nitrogens with one attached hydrogen (secondary N) is 1. The second kappa shape index (κ2) is 5.00. The fraction of sp³-hybridized carbons (Fsp3) is 0.250. The van der Waals surface area contributed by atoms with Crippen molar-refractivity contribution in [2.75, 3.05) is 23.8 Å². The van der Waals surface area contributed by atoms with Gasteiger partial charge in [-0.1, -0.05) is 18.2 Å². The minimum absolute atomic E-state index is 0.763. The predicted molar refractivity (Wildman–Crippen MR) is 88.2 cm³/mol. The Labute approximate surface area is 127 Å². The van der Waals surface area contributed by atoms with Crippen molar-refractivity contribution < 1.29 is 0 Å². The summed E-state index contributed by atoms with van der Waals surface area (Å²) in [7, 11) is 1.91. The average Bonchev–Trinajstić information content (AvgIpc) is 3.14. The summed E-state index contributed by atoms with van der Waals surface area (Å²) in [6.45, 7) is 1.81. The molecule has 5 heteroatoms. The van der Waals surface area contributed by atoms with Crippen LogP contribution >= 0.6 is 11.3 Å². The van der Waals surface area contributed by atoms with E-state index in [0.717, 1.165) is 41.4 Å². The van der Waals surface area contributed by atoms with Gasteiger partial charge in [-0.2, -0.15) is 0 Å². The van der Waals surface area contributed by atoms with E-state index in [1.165, 1.54) is 11.3 Å². The van der Waals surface area contributed by atoms with Gasteiger partial charge in [-0.3, -0.25) is 0 Å². The van der Waals surface area contributed by atoms with E-state index in [4.69, 9.17) is 4.98 Å². The molecule has 1 N–H and O–H groups in total.